The molecule has 1 atom stereocenters. The Labute approximate surface area is 163 Å². The fourth-order valence-electron chi connectivity index (χ4n) is 3.56. The van der Waals surface area contributed by atoms with Gasteiger partial charge in [0.1, 0.15) is 5.69 Å². The van der Waals surface area contributed by atoms with E-state index in [1.165, 1.54) is 22.7 Å². The molecule has 0 fully saturated rings. The van der Waals surface area contributed by atoms with Gasteiger partial charge in [-0.2, -0.15) is 0 Å². The average Bonchev–Trinajstić information content (AvgIpc) is 3.04. The van der Waals surface area contributed by atoms with E-state index in [2.05, 4.69) is 43.1 Å². The summed E-state index contributed by atoms with van der Waals surface area (Å²) in [7, 11) is 6.09. The van der Waals surface area contributed by atoms with E-state index >= 15 is 0 Å². The SMILES string of the molecule is CN(C)C(CNC(=O)c1cnc2ccccc2n1)c1cn(C)c2ccccc12. The Morgan fingerprint density at radius 1 is 1.11 bits per heavy atom. The normalized spacial score (nSPS) is 12.6. The number of likely N-dealkylation sites (N-methyl/N-ethyl adjacent to an activating group) is 1. The van der Waals surface area contributed by atoms with E-state index in [1.54, 1.807) is 0 Å². The molecule has 1 unspecified atom stereocenters. The quantitative estimate of drug-likeness (QED) is 0.584. The number of benzene rings is 2. The number of fused-ring (bicyclic) bond motifs is 2. The smallest absolute Gasteiger partial charge is 0.271 e. The monoisotopic (exact) mass is 373 g/mol. The number of aromatic nitrogens is 3. The van der Waals surface area contributed by atoms with Crippen molar-refractivity contribution < 1.29 is 4.79 Å². The maximum absolute atomic E-state index is 12.7. The van der Waals surface area contributed by atoms with Crippen molar-refractivity contribution in [2.75, 3.05) is 20.6 Å². The minimum absolute atomic E-state index is 0.0449. The lowest BCUT2D eigenvalue weighted by molar-refractivity contribution is 0.0937. The molecule has 0 aliphatic rings. The lowest BCUT2D eigenvalue weighted by atomic mass is 10.0. The Balaban J connectivity index is 1.57. The van der Waals surface area contributed by atoms with Crippen molar-refractivity contribution in [3.63, 3.8) is 0 Å². The fourth-order valence-corrected chi connectivity index (χ4v) is 3.56. The number of nitrogens with one attached hydrogen (secondary N) is 1. The molecule has 4 aromatic rings. The third-order valence-corrected chi connectivity index (χ3v) is 5.05. The number of aryl methyl sites for hydroxylation is 1. The van der Waals surface area contributed by atoms with Crippen molar-refractivity contribution in [2.24, 2.45) is 7.05 Å². The van der Waals surface area contributed by atoms with Crippen LogP contribution >= 0.6 is 0 Å². The molecule has 1 N–H and O–H groups in total. The highest BCUT2D eigenvalue weighted by Gasteiger charge is 2.20. The zero-order chi connectivity index (χ0) is 19.7. The predicted molar refractivity (Wildman–Crippen MR) is 111 cm³/mol. The van der Waals surface area contributed by atoms with Crippen molar-refractivity contribution in [2.45, 2.75) is 6.04 Å². The van der Waals surface area contributed by atoms with Crippen LogP contribution in [0.2, 0.25) is 0 Å². The summed E-state index contributed by atoms with van der Waals surface area (Å²) >= 11 is 0. The van der Waals surface area contributed by atoms with Gasteiger partial charge in [-0.05, 0) is 37.9 Å². The lowest BCUT2D eigenvalue weighted by Gasteiger charge is -2.24. The molecule has 6 nitrogen and oxygen atoms in total. The molecule has 0 spiro atoms. The van der Waals surface area contributed by atoms with Crippen LogP contribution in [-0.4, -0.2) is 46.0 Å². The number of amides is 1. The van der Waals surface area contributed by atoms with E-state index in [9.17, 15) is 4.79 Å². The van der Waals surface area contributed by atoms with Crippen molar-refractivity contribution >= 4 is 27.8 Å². The lowest BCUT2D eigenvalue weighted by Crippen LogP contribution is -2.35. The summed E-state index contributed by atoms with van der Waals surface area (Å²) in [6.45, 7) is 0.481. The molecule has 0 aliphatic carbocycles. The fraction of sp³-hybridized carbons (Fsp3) is 0.227. The summed E-state index contributed by atoms with van der Waals surface area (Å²) in [6.07, 6.45) is 3.66. The van der Waals surface area contributed by atoms with Crippen LogP contribution in [0, 0.1) is 0 Å². The van der Waals surface area contributed by atoms with Crippen LogP contribution < -0.4 is 5.32 Å². The summed E-state index contributed by atoms with van der Waals surface area (Å²) in [6, 6.07) is 15.9. The van der Waals surface area contributed by atoms with Crippen molar-refractivity contribution in [1.29, 1.82) is 0 Å². The van der Waals surface area contributed by atoms with E-state index in [0.29, 0.717) is 17.8 Å². The van der Waals surface area contributed by atoms with Gasteiger partial charge in [-0.3, -0.25) is 9.78 Å². The summed E-state index contributed by atoms with van der Waals surface area (Å²) < 4.78 is 2.12. The Kier molecular flexibility index (Phi) is 4.79. The molecular formula is C22H23N5O. The second-order valence-electron chi connectivity index (χ2n) is 7.15. The van der Waals surface area contributed by atoms with E-state index in [1.807, 2.05) is 57.5 Å². The van der Waals surface area contributed by atoms with Crippen LogP contribution in [0.5, 0.6) is 0 Å². The molecule has 0 radical (unpaired) electrons. The third-order valence-electron chi connectivity index (χ3n) is 5.05. The first-order valence-corrected chi connectivity index (χ1v) is 9.25. The Bertz CT molecular complexity index is 1150. The van der Waals surface area contributed by atoms with Crippen LogP contribution in [0.4, 0.5) is 0 Å². The van der Waals surface area contributed by atoms with Crippen LogP contribution in [0.3, 0.4) is 0 Å². The molecule has 0 saturated heterocycles. The molecule has 4 rings (SSSR count). The van der Waals surface area contributed by atoms with E-state index in [4.69, 9.17) is 0 Å². The van der Waals surface area contributed by atoms with Crippen molar-refractivity contribution in [1.82, 2.24) is 24.8 Å². The zero-order valence-electron chi connectivity index (χ0n) is 16.3. The number of hydrogen-bond acceptors (Lipinski definition) is 4. The first-order chi connectivity index (χ1) is 13.5. The Morgan fingerprint density at radius 3 is 2.61 bits per heavy atom. The van der Waals surface area contributed by atoms with Crippen molar-refractivity contribution in [3.05, 3.63) is 72.2 Å². The summed E-state index contributed by atoms with van der Waals surface area (Å²) in [5, 5.41) is 4.22. The molecule has 0 saturated carbocycles. The van der Waals surface area contributed by atoms with Gasteiger partial charge in [-0.1, -0.05) is 30.3 Å². The third kappa shape index (κ3) is 3.34. The van der Waals surface area contributed by atoms with Crippen LogP contribution in [0.1, 0.15) is 22.1 Å². The zero-order valence-corrected chi connectivity index (χ0v) is 16.3. The standard InChI is InChI=1S/C22H23N5O/c1-26(2)21(16-14-27(3)20-11-7-4-8-15(16)20)13-24-22(28)19-12-23-17-9-5-6-10-18(17)25-19/h4-12,14,21H,13H2,1-3H3,(H,24,28). The number of carbonyl (C=O) groups excluding carboxylic acids is 1. The van der Waals surface area contributed by atoms with Crippen LogP contribution in [-0.2, 0) is 7.05 Å². The van der Waals surface area contributed by atoms with Gasteiger partial charge in [0.2, 0.25) is 0 Å². The second-order valence-corrected chi connectivity index (χ2v) is 7.15. The van der Waals surface area contributed by atoms with Gasteiger partial charge in [-0.15, -0.1) is 0 Å². The van der Waals surface area contributed by atoms with Crippen LogP contribution in [0.25, 0.3) is 21.9 Å². The van der Waals surface area contributed by atoms with Crippen LogP contribution in [0.15, 0.2) is 60.9 Å². The van der Waals surface area contributed by atoms with E-state index < -0.39 is 0 Å². The summed E-state index contributed by atoms with van der Waals surface area (Å²) in [5.41, 5.74) is 4.19. The molecule has 2 aromatic heterocycles. The molecule has 28 heavy (non-hydrogen) atoms. The number of carbonyl (C=O) groups is 1. The molecule has 142 valence electrons. The highest BCUT2D eigenvalue weighted by atomic mass is 16.1. The highest BCUT2D eigenvalue weighted by molar-refractivity contribution is 5.93. The number of nitrogens with zero attached hydrogens (tertiary/aromatic N) is 4. The first-order valence-electron chi connectivity index (χ1n) is 9.25. The van der Waals surface area contributed by atoms with Gasteiger partial charge in [0.05, 0.1) is 23.3 Å². The number of hydrogen-bond donors (Lipinski definition) is 1. The number of rotatable bonds is 5. The Hall–Kier alpha value is -3.25. The van der Waals surface area contributed by atoms with Gasteiger partial charge >= 0.3 is 0 Å². The topological polar surface area (TPSA) is 63.1 Å². The summed E-state index contributed by atoms with van der Waals surface area (Å²) in [5.74, 6) is -0.217. The average molecular weight is 373 g/mol. The largest absolute Gasteiger partial charge is 0.350 e. The molecular weight excluding hydrogens is 350 g/mol. The Morgan fingerprint density at radius 2 is 1.82 bits per heavy atom. The van der Waals surface area contributed by atoms with Gasteiger partial charge in [0, 0.05) is 30.7 Å². The second kappa shape index (κ2) is 7.40. The molecule has 2 heterocycles. The predicted octanol–water partition coefficient (Wildman–Crippen LogP) is 3.15. The first kappa shape index (κ1) is 18.1. The van der Waals surface area contributed by atoms with E-state index in [-0.39, 0.29) is 11.9 Å². The minimum atomic E-state index is -0.217. The minimum Gasteiger partial charge on any atom is -0.350 e. The number of para-hydroxylation sites is 3. The molecule has 1 amide bonds. The molecule has 6 heteroatoms. The van der Waals surface area contributed by atoms with Gasteiger partial charge in [0.25, 0.3) is 5.91 Å². The van der Waals surface area contributed by atoms with E-state index in [0.717, 1.165) is 5.52 Å². The molecule has 2 aromatic carbocycles. The van der Waals surface area contributed by atoms with Gasteiger partial charge < -0.3 is 14.8 Å². The molecule has 0 bridgehead atoms. The molecule has 0 aliphatic heterocycles. The summed E-state index contributed by atoms with van der Waals surface area (Å²) in [4.78, 5) is 23.6. The van der Waals surface area contributed by atoms with Crippen molar-refractivity contribution in [3.8, 4) is 0 Å². The maximum Gasteiger partial charge on any atom is 0.271 e. The maximum atomic E-state index is 12.7. The van der Waals surface area contributed by atoms with Gasteiger partial charge in [-0.25, -0.2) is 4.98 Å². The van der Waals surface area contributed by atoms with Gasteiger partial charge in [0.15, 0.2) is 0 Å². The highest BCUT2D eigenvalue weighted by Crippen LogP contribution is 2.28.